The van der Waals surface area contributed by atoms with Gasteiger partial charge in [0, 0.05) is 24.7 Å². The minimum absolute atomic E-state index is 0.193. The van der Waals surface area contributed by atoms with Crippen molar-refractivity contribution in [3.8, 4) is 0 Å². The van der Waals surface area contributed by atoms with Gasteiger partial charge in [0.05, 0.1) is 6.61 Å². The molecule has 0 saturated heterocycles. The van der Waals surface area contributed by atoms with Crippen LogP contribution in [0.5, 0.6) is 0 Å². The summed E-state index contributed by atoms with van der Waals surface area (Å²) in [6, 6.07) is 0. The first-order valence-electron chi connectivity index (χ1n) is 4.73. The van der Waals surface area contributed by atoms with E-state index in [0.717, 1.165) is 11.7 Å². The van der Waals surface area contributed by atoms with Gasteiger partial charge < -0.3 is 10.1 Å². The summed E-state index contributed by atoms with van der Waals surface area (Å²) >= 11 is 1.71. The van der Waals surface area contributed by atoms with Gasteiger partial charge >= 0.3 is 0 Å². The zero-order valence-electron chi connectivity index (χ0n) is 9.26. The minimum atomic E-state index is 0.193. The standard InChI is InChI=1S/C10H18N2OS/c1-10(2,3)8-7-12-9(14-8)11-5-6-13-4/h7H,5-6H2,1-4H3,(H,11,12). The van der Waals surface area contributed by atoms with E-state index in [9.17, 15) is 0 Å². The number of hydrogen-bond acceptors (Lipinski definition) is 4. The van der Waals surface area contributed by atoms with Gasteiger partial charge in [-0.2, -0.15) is 0 Å². The molecular weight excluding hydrogens is 196 g/mol. The highest BCUT2D eigenvalue weighted by molar-refractivity contribution is 7.15. The summed E-state index contributed by atoms with van der Waals surface area (Å²) in [6.45, 7) is 8.11. The van der Waals surface area contributed by atoms with Gasteiger partial charge in [-0.1, -0.05) is 20.8 Å². The van der Waals surface area contributed by atoms with E-state index < -0.39 is 0 Å². The summed E-state index contributed by atoms with van der Waals surface area (Å²) in [4.78, 5) is 5.61. The monoisotopic (exact) mass is 214 g/mol. The number of hydrogen-bond donors (Lipinski definition) is 1. The van der Waals surface area contributed by atoms with Gasteiger partial charge in [0.25, 0.3) is 0 Å². The van der Waals surface area contributed by atoms with Crippen molar-refractivity contribution in [2.45, 2.75) is 26.2 Å². The molecule has 1 aromatic heterocycles. The topological polar surface area (TPSA) is 34.1 Å². The molecule has 14 heavy (non-hydrogen) atoms. The largest absolute Gasteiger partial charge is 0.383 e. The smallest absolute Gasteiger partial charge is 0.182 e. The number of thiazole rings is 1. The fourth-order valence-electron chi connectivity index (χ4n) is 0.963. The summed E-state index contributed by atoms with van der Waals surface area (Å²) in [7, 11) is 1.70. The van der Waals surface area contributed by atoms with E-state index in [0.29, 0.717) is 6.61 Å². The maximum atomic E-state index is 4.95. The average Bonchev–Trinajstić information content (AvgIpc) is 2.52. The first kappa shape index (κ1) is 11.5. The van der Waals surface area contributed by atoms with Crippen molar-refractivity contribution < 1.29 is 4.74 Å². The molecule has 0 atom stereocenters. The van der Waals surface area contributed by atoms with E-state index in [4.69, 9.17) is 4.74 Å². The molecule has 0 radical (unpaired) electrons. The number of nitrogens with zero attached hydrogens (tertiary/aromatic N) is 1. The summed E-state index contributed by atoms with van der Waals surface area (Å²) in [6.07, 6.45) is 1.94. The van der Waals surface area contributed by atoms with Crippen LogP contribution in [0.15, 0.2) is 6.20 Å². The Labute approximate surface area is 89.5 Å². The van der Waals surface area contributed by atoms with Crippen molar-refractivity contribution >= 4 is 16.5 Å². The van der Waals surface area contributed by atoms with Crippen LogP contribution in [-0.2, 0) is 10.2 Å². The second-order valence-electron chi connectivity index (χ2n) is 4.20. The van der Waals surface area contributed by atoms with E-state index in [1.54, 1.807) is 18.4 Å². The lowest BCUT2D eigenvalue weighted by Gasteiger charge is -2.14. The van der Waals surface area contributed by atoms with Crippen molar-refractivity contribution in [3.05, 3.63) is 11.1 Å². The molecule has 1 heterocycles. The van der Waals surface area contributed by atoms with Gasteiger partial charge in [-0.15, -0.1) is 11.3 Å². The quantitative estimate of drug-likeness (QED) is 0.782. The van der Waals surface area contributed by atoms with Crippen LogP contribution in [0.2, 0.25) is 0 Å². The van der Waals surface area contributed by atoms with E-state index in [2.05, 4.69) is 31.1 Å². The van der Waals surface area contributed by atoms with Crippen molar-refractivity contribution in [1.82, 2.24) is 4.98 Å². The Morgan fingerprint density at radius 3 is 2.71 bits per heavy atom. The maximum absolute atomic E-state index is 4.95. The molecule has 0 aliphatic rings. The number of ether oxygens (including phenoxy) is 1. The third-order valence-electron chi connectivity index (χ3n) is 1.83. The second kappa shape index (κ2) is 4.75. The molecule has 0 amide bonds. The van der Waals surface area contributed by atoms with Crippen LogP contribution in [0.25, 0.3) is 0 Å². The molecule has 1 N–H and O–H groups in total. The molecule has 0 aliphatic heterocycles. The van der Waals surface area contributed by atoms with Crippen LogP contribution in [-0.4, -0.2) is 25.2 Å². The van der Waals surface area contributed by atoms with Crippen molar-refractivity contribution in [2.24, 2.45) is 0 Å². The molecule has 0 fully saturated rings. The van der Waals surface area contributed by atoms with Crippen molar-refractivity contribution in [3.63, 3.8) is 0 Å². The molecule has 1 rings (SSSR count). The Morgan fingerprint density at radius 1 is 1.50 bits per heavy atom. The molecule has 0 saturated carbocycles. The molecule has 0 aromatic carbocycles. The Hall–Kier alpha value is -0.610. The minimum Gasteiger partial charge on any atom is -0.383 e. The van der Waals surface area contributed by atoms with E-state index >= 15 is 0 Å². The predicted molar refractivity (Wildman–Crippen MR) is 61.2 cm³/mol. The number of anilines is 1. The fraction of sp³-hybridized carbons (Fsp3) is 0.700. The zero-order chi connectivity index (χ0) is 10.6. The molecule has 4 heteroatoms. The van der Waals surface area contributed by atoms with Crippen LogP contribution < -0.4 is 5.32 Å². The average molecular weight is 214 g/mol. The van der Waals surface area contributed by atoms with Crippen molar-refractivity contribution in [2.75, 3.05) is 25.6 Å². The summed E-state index contributed by atoms with van der Waals surface area (Å²) in [5, 5.41) is 4.20. The Kier molecular flexibility index (Phi) is 3.89. The molecule has 3 nitrogen and oxygen atoms in total. The predicted octanol–water partition coefficient (Wildman–Crippen LogP) is 2.50. The summed E-state index contributed by atoms with van der Waals surface area (Å²) in [5.41, 5.74) is 0.193. The van der Waals surface area contributed by atoms with Crippen LogP contribution in [0.1, 0.15) is 25.6 Å². The Morgan fingerprint density at radius 2 is 2.21 bits per heavy atom. The second-order valence-corrected chi connectivity index (χ2v) is 5.23. The highest BCUT2D eigenvalue weighted by Gasteiger charge is 2.16. The fourth-order valence-corrected chi connectivity index (χ4v) is 1.86. The van der Waals surface area contributed by atoms with Crippen LogP contribution in [0, 0.1) is 0 Å². The van der Waals surface area contributed by atoms with Gasteiger partial charge in [0.15, 0.2) is 5.13 Å². The lowest BCUT2D eigenvalue weighted by Crippen LogP contribution is -2.08. The molecule has 0 bridgehead atoms. The van der Waals surface area contributed by atoms with Gasteiger partial charge in [0.1, 0.15) is 0 Å². The Bertz CT molecular complexity index is 278. The normalized spacial score (nSPS) is 11.7. The summed E-state index contributed by atoms with van der Waals surface area (Å²) < 4.78 is 4.95. The van der Waals surface area contributed by atoms with Crippen LogP contribution in [0.4, 0.5) is 5.13 Å². The van der Waals surface area contributed by atoms with Gasteiger partial charge in [0.2, 0.25) is 0 Å². The lowest BCUT2D eigenvalue weighted by molar-refractivity contribution is 0.211. The van der Waals surface area contributed by atoms with Crippen LogP contribution in [0.3, 0.4) is 0 Å². The molecule has 0 spiro atoms. The van der Waals surface area contributed by atoms with Gasteiger partial charge in [-0.05, 0) is 5.41 Å². The van der Waals surface area contributed by atoms with Crippen molar-refractivity contribution in [1.29, 1.82) is 0 Å². The molecule has 0 unspecified atom stereocenters. The van der Waals surface area contributed by atoms with E-state index in [-0.39, 0.29) is 5.41 Å². The first-order valence-corrected chi connectivity index (χ1v) is 5.55. The first-order chi connectivity index (χ1) is 6.54. The lowest BCUT2D eigenvalue weighted by atomic mass is 9.96. The van der Waals surface area contributed by atoms with Crippen LogP contribution >= 0.6 is 11.3 Å². The molecule has 0 aliphatic carbocycles. The maximum Gasteiger partial charge on any atom is 0.182 e. The van der Waals surface area contributed by atoms with Gasteiger partial charge in [-0.25, -0.2) is 4.98 Å². The third kappa shape index (κ3) is 3.27. The molecule has 1 aromatic rings. The zero-order valence-corrected chi connectivity index (χ0v) is 10.1. The van der Waals surface area contributed by atoms with E-state index in [1.165, 1.54) is 4.88 Å². The molecular formula is C10H18N2OS. The number of rotatable bonds is 4. The SMILES string of the molecule is COCCNc1ncc(C(C)(C)C)s1. The summed E-state index contributed by atoms with van der Waals surface area (Å²) in [5.74, 6) is 0. The number of aromatic nitrogens is 1. The number of nitrogens with one attached hydrogen (secondary N) is 1. The third-order valence-corrected chi connectivity index (χ3v) is 3.21. The molecule has 80 valence electrons. The van der Waals surface area contributed by atoms with Gasteiger partial charge in [-0.3, -0.25) is 0 Å². The number of methoxy groups -OCH3 is 1. The Balaban J connectivity index is 2.51. The van der Waals surface area contributed by atoms with E-state index in [1.807, 2.05) is 6.20 Å². The highest BCUT2D eigenvalue weighted by atomic mass is 32.1. The highest BCUT2D eigenvalue weighted by Crippen LogP contribution is 2.29.